The van der Waals surface area contributed by atoms with Gasteiger partial charge in [0, 0.05) is 49.2 Å². The van der Waals surface area contributed by atoms with E-state index in [9.17, 15) is 19.7 Å². The summed E-state index contributed by atoms with van der Waals surface area (Å²) in [5, 5.41) is 13.6. The van der Waals surface area contributed by atoms with Crippen molar-refractivity contribution in [1.82, 2.24) is 14.8 Å². The number of aromatic nitrogens is 1. The maximum absolute atomic E-state index is 12.8. The molecule has 1 fully saturated rings. The summed E-state index contributed by atoms with van der Waals surface area (Å²) in [4.78, 5) is 36.9. The summed E-state index contributed by atoms with van der Waals surface area (Å²) in [7, 11) is 0. The van der Waals surface area contributed by atoms with Gasteiger partial charge in [-0.05, 0) is 36.8 Å². The number of thioether (sulfide) groups is 1. The molecule has 1 N–H and O–H groups in total. The first-order chi connectivity index (χ1) is 14.4. The van der Waals surface area contributed by atoms with Crippen LogP contribution in [0.25, 0.3) is 11.8 Å². The molecular weight excluding hydrogens is 424 g/mol. The lowest BCUT2D eigenvalue weighted by Gasteiger charge is -2.14. The second kappa shape index (κ2) is 9.68. The van der Waals surface area contributed by atoms with Crippen LogP contribution in [-0.4, -0.2) is 43.6 Å². The fourth-order valence-corrected chi connectivity index (χ4v) is 4.17. The lowest BCUT2D eigenvalue weighted by molar-refractivity contribution is -0.384. The second-order valence-corrected chi connectivity index (χ2v) is 8.19. The molecule has 2 heterocycles. The summed E-state index contributed by atoms with van der Waals surface area (Å²) >= 11 is 6.51. The molecule has 0 atom stereocenters. The molecule has 0 spiro atoms. The van der Waals surface area contributed by atoms with Crippen LogP contribution in [-0.2, 0) is 9.59 Å². The number of rotatable bonds is 8. The molecule has 10 heteroatoms. The minimum Gasteiger partial charge on any atom is -0.356 e. The van der Waals surface area contributed by atoms with Crippen LogP contribution >= 0.6 is 24.0 Å². The smallest absolute Gasteiger partial charge is 0.269 e. The van der Waals surface area contributed by atoms with Crippen LogP contribution in [0.2, 0.25) is 0 Å². The van der Waals surface area contributed by atoms with E-state index in [-0.39, 0.29) is 30.5 Å². The summed E-state index contributed by atoms with van der Waals surface area (Å²) < 4.78 is 2.25. The molecule has 0 radical (unpaired) electrons. The lowest BCUT2D eigenvalue weighted by Crippen LogP contribution is -2.33. The summed E-state index contributed by atoms with van der Waals surface area (Å²) in [5.74, 6) is -0.341. The second-order valence-electron chi connectivity index (χ2n) is 6.51. The highest BCUT2D eigenvalue weighted by atomic mass is 32.2. The van der Waals surface area contributed by atoms with Crippen molar-refractivity contribution < 1.29 is 14.5 Å². The lowest BCUT2D eigenvalue weighted by atomic mass is 10.2. The highest BCUT2D eigenvalue weighted by molar-refractivity contribution is 8.26. The summed E-state index contributed by atoms with van der Waals surface area (Å²) in [6.45, 7) is 2.82. The van der Waals surface area contributed by atoms with Crippen molar-refractivity contribution in [2.24, 2.45) is 0 Å². The van der Waals surface area contributed by atoms with Crippen molar-refractivity contribution in [2.45, 2.75) is 19.8 Å². The van der Waals surface area contributed by atoms with E-state index in [0.717, 1.165) is 17.8 Å². The van der Waals surface area contributed by atoms with Gasteiger partial charge in [0.05, 0.1) is 9.83 Å². The van der Waals surface area contributed by atoms with E-state index in [2.05, 4.69) is 5.32 Å². The third-order valence-electron chi connectivity index (χ3n) is 4.41. The Bertz CT molecular complexity index is 1010. The number of nitro benzene ring substituents is 1. The molecule has 0 aliphatic carbocycles. The van der Waals surface area contributed by atoms with Gasteiger partial charge in [0.15, 0.2) is 0 Å². The predicted molar refractivity (Wildman–Crippen MR) is 120 cm³/mol. The molecule has 0 bridgehead atoms. The van der Waals surface area contributed by atoms with E-state index in [1.165, 1.54) is 28.8 Å². The summed E-state index contributed by atoms with van der Waals surface area (Å²) in [5.41, 5.74) is 1.49. The number of nitro groups is 1. The number of nitrogens with one attached hydrogen (secondary N) is 1. The van der Waals surface area contributed by atoms with Crippen LogP contribution in [0.1, 0.15) is 25.5 Å². The Morgan fingerprint density at radius 1 is 1.30 bits per heavy atom. The van der Waals surface area contributed by atoms with E-state index < -0.39 is 4.92 Å². The average molecular weight is 445 g/mol. The van der Waals surface area contributed by atoms with Gasteiger partial charge < -0.3 is 9.88 Å². The number of hydrogen-bond acceptors (Lipinski definition) is 6. The molecular formula is C20H20N4O4S2. The number of benzene rings is 1. The van der Waals surface area contributed by atoms with Crippen molar-refractivity contribution >= 4 is 51.9 Å². The Morgan fingerprint density at radius 2 is 2.03 bits per heavy atom. The minimum atomic E-state index is -0.450. The molecule has 2 amide bonds. The molecule has 3 rings (SSSR count). The monoisotopic (exact) mass is 444 g/mol. The maximum Gasteiger partial charge on any atom is 0.269 e. The van der Waals surface area contributed by atoms with E-state index in [4.69, 9.17) is 12.2 Å². The number of carbonyl (C=O) groups is 2. The first-order valence-electron chi connectivity index (χ1n) is 9.35. The SMILES string of the molecule is CCCNC(=O)CCN1C(=O)/C(=C/c2cccn2-c2ccc([N+](=O)[O-])cc2)SC1=S. The molecule has 0 unspecified atom stereocenters. The number of non-ortho nitro benzene ring substituents is 1. The van der Waals surface area contributed by atoms with Crippen LogP contribution in [0.5, 0.6) is 0 Å². The van der Waals surface area contributed by atoms with Gasteiger partial charge in [-0.3, -0.25) is 24.6 Å². The fraction of sp³-hybridized carbons (Fsp3) is 0.250. The Hall–Kier alpha value is -2.98. The van der Waals surface area contributed by atoms with Gasteiger partial charge >= 0.3 is 0 Å². The molecule has 1 aliphatic heterocycles. The van der Waals surface area contributed by atoms with Crippen molar-refractivity contribution in [2.75, 3.05) is 13.1 Å². The molecule has 1 saturated heterocycles. The van der Waals surface area contributed by atoms with Crippen LogP contribution in [0, 0.1) is 10.1 Å². The molecule has 2 aromatic rings. The Kier molecular flexibility index (Phi) is 7.01. The van der Waals surface area contributed by atoms with Crippen molar-refractivity contribution in [3.8, 4) is 5.69 Å². The quantitative estimate of drug-likeness (QED) is 0.290. The molecule has 1 aromatic carbocycles. The van der Waals surface area contributed by atoms with Gasteiger partial charge in [-0.15, -0.1) is 0 Å². The highest BCUT2D eigenvalue weighted by Crippen LogP contribution is 2.33. The highest BCUT2D eigenvalue weighted by Gasteiger charge is 2.32. The third-order valence-corrected chi connectivity index (χ3v) is 5.78. The molecule has 8 nitrogen and oxygen atoms in total. The Balaban J connectivity index is 1.74. The normalized spacial score (nSPS) is 15.1. The number of carbonyl (C=O) groups excluding carboxylic acids is 2. The first kappa shape index (κ1) is 21.7. The van der Waals surface area contributed by atoms with Gasteiger partial charge in [0.1, 0.15) is 4.32 Å². The Morgan fingerprint density at radius 3 is 2.70 bits per heavy atom. The zero-order valence-corrected chi connectivity index (χ0v) is 17.9. The van der Waals surface area contributed by atoms with Crippen LogP contribution in [0.3, 0.4) is 0 Å². The number of hydrogen-bond donors (Lipinski definition) is 1. The average Bonchev–Trinajstić information content (AvgIpc) is 3.29. The summed E-state index contributed by atoms with van der Waals surface area (Å²) in [6.07, 6.45) is 4.59. The fourth-order valence-electron chi connectivity index (χ4n) is 2.88. The number of nitrogens with zero attached hydrogens (tertiary/aromatic N) is 3. The van der Waals surface area contributed by atoms with E-state index in [1.54, 1.807) is 18.2 Å². The van der Waals surface area contributed by atoms with Crippen molar-refractivity contribution in [3.63, 3.8) is 0 Å². The third kappa shape index (κ3) is 4.95. The summed E-state index contributed by atoms with van der Waals surface area (Å²) in [6, 6.07) is 9.83. The predicted octanol–water partition coefficient (Wildman–Crippen LogP) is 3.50. The molecule has 1 aliphatic rings. The van der Waals surface area contributed by atoms with Crippen LogP contribution in [0.15, 0.2) is 47.5 Å². The first-order valence-corrected chi connectivity index (χ1v) is 10.6. The molecule has 1 aromatic heterocycles. The van der Waals surface area contributed by atoms with Crippen LogP contribution < -0.4 is 5.32 Å². The standard InChI is InChI=1S/C20H20N4O4S2/c1-2-10-21-18(25)9-12-23-19(26)17(30-20(23)29)13-16-4-3-11-22(16)14-5-7-15(8-6-14)24(27)28/h3-8,11,13H,2,9-10,12H2,1H3,(H,21,25)/b17-13-. The maximum atomic E-state index is 12.8. The van der Waals surface area contributed by atoms with Crippen molar-refractivity contribution in [3.05, 3.63) is 63.3 Å². The zero-order chi connectivity index (χ0) is 21.7. The van der Waals surface area contributed by atoms with Gasteiger partial charge in [-0.25, -0.2) is 0 Å². The largest absolute Gasteiger partial charge is 0.356 e. The van der Waals surface area contributed by atoms with Crippen molar-refractivity contribution in [1.29, 1.82) is 0 Å². The molecule has 0 saturated carbocycles. The Labute approximate surface area is 183 Å². The number of amides is 2. The molecule has 30 heavy (non-hydrogen) atoms. The zero-order valence-electron chi connectivity index (χ0n) is 16.2. The minimum absolute atomic E-state index is 0.0105. The topological polar surface area (TPSA) is 97.5 Å². The van der Waals surface area contributed by atoms with E-state index in [0.29, 0.717) is 15.8 Å². The van der Waals surface area contributed by atoms with Gasteiger partial charge in [-0.1, -0.05) is 30.9 Å². The molecule has 156 valence electrons. The van der Waals surface area contributed by atoms with Crippen LogP contribution in [0.4, 0.5) is 5.69 Å². The van der Waals surface area contributed by atoms with E-state index in [1.807, 2.05) is 29.8 Å². The van der Waals surface area contributed by atoms with Gasteiger partial charge in [0.2, 0.25) is 5.91 Å². The van der Waals surface area contributed by atoms with E-state index >= 15 is 0 Å². The number of thiocarbonyl (C=S) groups is 1. The van der Waals surface area contributed by atoms with Gasteiger partial charge in [-0.2, -0.15) is 0 Å². The van der Waals surface area contributed by atoms with Gasteiger partial charge in [0.25, 0.3) is 11.6 Å².